The Labute approximate surface area is 287 Å². The van der Waals surface area contributed by atoms with Crippen molar-refractivity contribution < 1.29 is 58.8 Å². The van der Waals surface area contributed by atoms with Crippen molar-refractivity contribution in [3.63, 3.8) is 0 Å². The van der Waals surface area contributed by atoms with E-state index in [4.69, 9.17) is 23.7 Å². The highest BCUT2D eigenvalue weighted by molar-refractivity contribution is 6.00. The van der Waals surface area contributed by atoms with Gasteiger partial charge in [-0.2, -0.15) is 0 Å². The molecule has 0 saturated carbocycles. The van der Waals surface area contributed by atoms with E-state index in [9.17, 15) is 35.1 Å². The molecular weight excluding hydrogens is 636 g/mol. The molecule has 0 aromatic heterocycles. The van der Waals surface area contributed by atoms with Crippen LogP contribution in [0.5, 0.6) is 23.0 Å². The molecule has 2 unspecified atom stereocenters. The number of aliphatic hydroxyl groups is 4. The quantitative estimate of drug-likeness (QED) is 0.147. The SMILES string of the molecule is COc1ccc([C@H]2CC(=O)c3ccc(O[C@@H]4O[C@H](COC(=O)CC(C)CCCC(CO)CCCC(C)C)[C@@H](O)[C@H](O)[C@H]4O)cc3O2)cc1O. The minimum Gasteiger partial charge on any atom is -0.504 e. The van der Waals surface area contributed by atoms with Gasteiger partial charge in [0.05, 0.1) is 19.1 Å². The molecule has 2 aromatic rings. The highest BCUT2D eigenvalue weighted by Crippen LogP contribution is 2.39. The van der Waals surface area contributed by atoms with E-state index >= 15 is 0 Å². The second-order valence-corrected chi connectivity index (χ2v) is 13.8. The van der Waals surface area contributed by atoms with Gasteiger partial charge < -0.3 is 49.2 Å². The number of aliphatic hydroxyl groups excluding tert-OH is 4. The fourth-order valence-corrected chi connectivity index (χ4v) is 6.27. The minimum atomic E-state index is -1.65. The topological polar surface area (TPSA) is 181 Å². The summed E-state index contributed by atoms with van der Waals surface area (Å²) in [6.45, 7) is 6.15. The van der Waals surface area contributed by atoms with E-state index in [0.717, 1.165) is 38.5 Å². The third-order valence-corrected chi connectivity index (χ3v) is 9.27. The molecule has 0 spiro atoms. The first-order valence-corrected chi connectivity index (χ1v) is 17.2. The maximum absolute atomic E-state index is 12.9. The predicted molar refractivity (Wildman–Crippen MR) is 179 cm³/mol. The largest absolute Gasteiger partial charge is 0.504 e. The fraction of sp³-hybridized carbons (Fsp3) is 0.622. The molecule has 0 aliphatic carbocycles. The summed E-state index contributed by atoms with van der Waals surface area (Å²) < 4.78 is 28.2. The second kappa shape index (κ2) is 18.0. The molecule has 5 N–H and O–H groups in total. The third kappa shape index (κ3) is 10.5. The number of phenolic OH excluding ortho intramolecular Hbond substituents is 1. The van der Waals surface area contributed by atoms with Crippen LogP contribution in [0.2, 0.25) is 0 Å². The average Bonchev–Trinajstić information content (AvgIpc) is 3.06. The zero-order valence-electron chi connectivity index (χ0n) is 28.8. The maximum atomic E-state index is 12.9. The number of phenols is 1. The highest BCUT2D eigenvalue weighted by Gasteiger charge is 2.45. The lowest BCUT2D eigenvalue weighted by Crippen LogP contribution is -2.60. The average molecular weight is 689 g/mol. The van der Waals surface area contributed by atoms with Gasteiger partial charge in [-0.05, 0) is 60.4 Å². The third-order valence-electron chi connectivity index (χ3n) is 9.27. The van der Waals surface area contributed by atoms with Crippen LogP contribution in [0.3, 0.4) is 0 Å². The second-order valence-electron chi connectivity index (χ2n) is 13.8. The standard InChI is InChI=1S/C37H52O12/c1-21(2)7-5-9-23(19-38)10-6-8-22(3)15-33(41)46-20-32-34(42)35(43)36(44)37(49-32)47-25-12-13-26-27(39)18-30(48-31(26)17-25)24-11-14-29(45-4)28(40)16-24/h11-14,16-17,21-23,30,32,34-38,40,42-44H,5-10,15,18-20H2,1-4H3/t22?,23?,30-,32-,34-,35+,36-,37-/m1/s1. The molecule has 2 aliphatic heterocycles. The van der Waals surface area contributed by atoms with Gasteiger partial charge in [0.15, 0.2) is 17.3 Å². The van der Waals surface area contributed by atoms with Crippen LogP contribution in [0.4, 0.5) is 0 Å². The van der Waals surface area contributed by atoms with Gasteiger partial charge in [0.25, 0.3) is 0 Å². The summed E-state index contributed by atoms with van der Waals surface area (Å²) in [6.07, 6.45) is -2.08. The van der Waals surface area contributed by atoms with Crippen molar-refractivity contribution in [1.82, 2.24) is 0 Å². The number of ketones is 1. The van der Waals surface area contributed by atoms with Gasteiger partial charge in [-0.1, -0.05) is 52.5 Å². The number of fused-ring (bicyclic) bond motifs is 1. The molecule has 0 radical (unpaired) electrons. The minimum absolute atomic E-state index is 0.0510. The molecule has 2 aliphatic rings. The molecule has 49 heavy (non-hydrogen) atoms. The van der Waals surface area contributed by atoms with E-state index in [-0.39, 0.29) is 66.7 Å². The van der Waals surface area contributed by atoms with Gasteiger partial charge in [-0.25, -0.2) is 0 Å². The van der Waals surface area contributed by atoms with Crippen LogP contribution in [0.1, 0.15) is 94.2 Å². The zero-order valence-corrected chi connectivity index (χ0v) is 28.8. The van der Waals surface area contributed by atoms with Crippen LogP contribution in [0.25, 0.3) is 0 Å². The van der Waals surface area contributed by atoms with Crippen LogP contribution in [0, 0.1) is 17.8 Å². The summed E-state index contributed by atoms with van der Waals surface area (Å²) in [5.74, 6) is 0.883. The summed E-state index contributed by atoms with van der Waals surface area (Å²) in [4.78, 5) is 25.5. The Morgan fingerprint density at radius 1 is 0.959 bits per heavy atom. The highest BCUT2D eigenvalue weighted by atomic mass is 16.7. The molecule has 1 saturated heterocycles. The Balaban J connectivity index is 1.29. The summed E-state index contributed by atoms with van der Waals surface area (Å²) in [5, 5.41) is 51.6. The molecule has 4 rings (SSSR count). The molecule has 2 heterocycles. The molecule has 0 bridgehead atoms. The van der Waals surface area contributed by atoms with E-state index in [1.165, 1.54) is 31.4 Å². The number of hydrogen-bond donors (Lipinski definition) is 5. The molecule has 12 heteroatoms. The Morgan fingerprint density at radius 2 is 1.69 bits per heavy atom. The lowest BCUT2D eigenvalue weighted by atomic mass is 9.92. The maximum Gasteiger partial charge on any atom is 0.306 e. The van der Waals surface area contributed by atoms with Crippen molar-refractivity contribution in [3.05, 3.63) is 47.5 Å². The number of benzene rings is 2. The molecule has 0 amide bonds. The molecule has 12 nitrogen and oxygen atoms in total. The number of hydrogen-bond acceptors (Lipinski definition) is 12. The molecule has 2 aromatic carbocycles. The number of esters is 1. The van der Waals surface area contributed by atoms with Crippen LogP contribution >= 0.6 is 0 Å². The molecule has 1 fully saturated rings. The number of ether oxygens (including phenoxy) is 5. The van der Waals surface area contributed by atoms with Gasteiger partial charge in [-0.3, -0.25) is 9.59 Å². The van der Waals surface area contributed by atoms with Crippen LogP contribution in [-0.4, -0.2) is 88.3 Å². The summed E-state index contributed by atoms with van der Waals surface area (Å²) in [5.41, 5.74) is 0.900. The molecular formula is C37H52O12. The summed E-state index contributed by atoms with van der Waals surface area (Å²) in [7, 11) is 1.43. The number of aromatic hydroxyl groups is 1. The van der Waals surface area contributed by atoms with Crippen LogP contribution in [-0.2, 0) is 14.3 Å². The number of rotatable bonds is 17. The van der Waals surface area contributed by atoms with Crippen molar-refractivity contribution >= 4 is 11.8 Å². The normalized spacial score (nSPS) is 24.9. The van der Waals surface area contributed by atoms with E-state index in [1.54, 1.807) is 12.1 Å². The lowest BCUT2D eigenvalue weighted by Gasteiger charge is -2.40. The first-order valence-electron chi connectivity index (χ1n) is 17.2. The lowest BCUT2D eigenvalue weighted by molar-refractivity contribution is -0.278. The Kier molecular flexibility index (Phi) is 14.1. The van der Waals surface area contributed by atoms with Crippen LogP contribution < -0.4 is 14.2 Å². The summed E-state index contributed by atoms with van der Waals surface area (Å²) >= 11 is 0. The predicted octanol–water partition coefficient (Wildman–Crippen LogP) is 4.47. The Morgan fingerprint density at radius 3 is 2.37 bits per heavy atom. The van der Waals surface area contributed by atoms with Crippen molar-refractivity contribution in [1.29, 1.82) is 0 Å². The number of Topliss-reactive ketones (excluding diaryl/α,β-unsaturated/α-hetero) is 1. The van der Waals surface area contributed by atoms with Crippen molar-refractivity contribution in [3.8, 4) is 23.0 Å². The van der Waals surface area contributed by atoms with Crippen molar-refractivity contribution in [2.75, 3.05) is 20.3 Å². The van der Waals surface area contributed by atoms with Crippen molar-refractivity contribution in [2.24, 2.45) is 17.8 Å². The van der Waals surface area contributed by atoms with E-state index in [2.05, 4.69) is 13.8 Å². The fourth-order valence-electron chi connectivity index (χ4n) is 6.27. The van der Waals surface area contributed by atoms with Crippen LogP contribution in [0.15, 0.2) is 36.4 Å². The van der Waals surface area contributed by atoms with Crippen molar-refractivity contribution in [2.45, 2.75) is 109 Å². The molecule has 8 atom stereocenters. The van der Waals surface area contributed by atoms with E-state index in [1.807, 2.05) is 6.92 Å². The van der Waals surface area contributed by atoms with Gasteiger partial charge in [-0.15, -0.1) is 0 Å². The Bertz CT molecular complexity index is 1380. The van der Waals surface area contributed by atoms with Gasteiger partial charge in [0.1, 0.15) is 48.6 Å². The Hall–Kier alpha value is -3.42. The first-order chi connectivity index (χ1) is 23.4. The van der Waals surface area contributed by atoms with Gasteiger partial charge >= 0.3 is 5.97 Å². The summed E-state index contributed by atoms with van der Waals surface area (Å²) in [6, 6.07) is 9.22. The monoisotopic (exact) mass is 688 g/mol. The first kappa shape index (κ1) is 38.4. The number of methoxy groups -OCH3 is 1. The zero-order chi connectivity index (χ0) is 35.7. The number of carbonyl (C=O) groups is 2. The number of carbonyl (C=O) groups excluding carboxylic acids is 2. The molecule has 272 valence electrons. The van der Waals surface area contributed by atoms with E-state index < -0.39 is 42.8 Å². The van der Waals surface area contributed by atoms with E-state index in [0.29, 0.717) is 17.0 Å². The van der Waals surface area contributed by atoms with Gasteiger partial charge in [0.2, 0.25) is 6.29 Å². The smallest absolute Gasteiger partial charge is 0.306 e. The van der Waals surface area contributed by atoms with Gasteiger partial charge in [0, 0.05) is 19.1 Å².